The number of hydrogen-bond acceptors (Lipinski definition) is 1. The van der Waals surface area contributed by atoms with Crippen molar-refractivity contribution >= 4 is 0 Å². The van der Waals surface area contributed by atoms with Crippen molar-refractivity contribution in [2.24, 2.45) is 5.92 Å². The Hall–Kier alpha value is -0.820. The summed E-state index contributed by atoms with van der Waals surface area (Å²) in [6.07, 6.45) is 18.7. The van der Waals surface area contributed by atoms with Gasteiger partial charge in [-0.2, -0.15) is 0 Å². The van der Waals surface area contributed by atoms with Crippen molar-refractivity contribution in [3.63, 3.8) is 0 Å². The summed E-state index contributed by atoms with van der Waals surface area (Å²) in [5.74, 6) is 0.929. The summed E-state index contributed by atoms with van der Waals surface area (Å²) in [6.45, 7) is 2.21. The summed E-state index contributed by atoms with van der Waals surface area (Å²) in [5.41, 5.74) is 3.50. The Balaban J connectivity index is 1.74. The van der Waals surface area contributed by atoms with E-state index in [2.05, 4.69) is 50.2 Å². The van der Waals surface area contributed by atoms with Gasteiger partial charge in [0, 0.05) is 6.04 Å². The van der Waals surface area contributed by atoms with Crippen molar-refractivity contribution in [2.75, 3.05) is 14.1 Å². The summed E-state index contributed by atoms with van der Waals surface area (Å²) < 4.78 is 0. The molecule has 1 nitrogen and oxygen atoms in total. The van der Waals surface area contributed by atoms with Gasteiger partial charge in [-0.15, -0.1) is 0 Å². The van der Waals surface area contributed by atoms with E-state index in [-0.39, 0.29) is 0 Å². The van der Waals surface area contributed by atoms with Crippen LogP contribution in [-0.4, -0.2) is 25.0 Å². The molecule has 0 heterocycles. The van der Waals surface area contributed by atoms with Crippen molar-refractivity contribution in [3.8, 4) is 0 Å². The fourth-order valence-corrected chi connectivity index (χ4v) is 5.34. The van der Waals surface area contributed by atoms with Crippen LogP contribution < -0.4 is 0 Å². The molecule has 1 heteroatoms. The van der Waals surface area contributed by atoms with Crippen molar-refractivity contribution in [2.45, 2.75) is 102 Å². The maximum atomic E-state index is 2.52. The molecule has 0 N–H and O–H groups in total. The quantitative estimate of drug-likeness (QED) is 0.559. The topological polar surface area (TPSA) is 3.24 Å². The molecule has 0 aromatic heterocycles. The van der Waals surface area contributed by atoms with Crippen LogP contribution in [0.15, 0.2) is 24.3 Å². The fraction of sp³-hybridized carbons (Fsp3) is 0.760. The maximum absolute atomic E-state index is 2.52. The van der Waals surface area contributed by atoms with Gasteiger partial charge in [0.1, 0.15) is 0 Å². The number of fused-ring (bicyclic) bond motifs is 1. The van der Waals surface area contributed by atoms with Crippen LogP contribution in [-0.2, 0) is 5.41 Å². The Morgan fingerprint density at radius 3 is 1.85 bits per heavy atom. The van der Waals surface area contributed by atoms with E-state index in [9.17, 15) is 0 Å². The van der Waals surface area contributed by atoms with Gasteiger partial charge in [-0.25, -0.2) is 0 Å². The summed E-state index contributed by atoms with van der Waals surface area (Å²) >= 11 is 0. The molecule has 3 rings (SSSR count). The molecule has 0 radical (unpaired) electrons. The minimum atomic E-state index is 0.475. The highest BCUT2D eigenvalue weighted by atomic mass is 15.1. The van der Waals surface area contributed by atoms with E-state index in [4.69, 9.17) is 0 Å². The molecule has 1 aromatic carbocycles. The molecule has 0 saturated heterocycles. The average molecular weight is 356 g/mol. The van der Waals surface area contributed by atoms with Gasteiger partial charge in [-0.05, 0) is 63.6 Å². The standard InChI is InChI=1S/C25H41N/c1-21-15-17-22(18-16-21)25-19-23(25)13-11-9-7-5-4-6-8-10-12-14-24(20-25)26(2)3/h15-18,23-24H,4-14,19-20H2,1-3H3. The van der Waals surface area contributed by atoms with E-state index >= 15 is 0 Å². The SMILES string of the molecule is Cc1ccc(C23CC(N(C)C)CCCCCCCCCCCC2C3)cc1. The molecule has 0 amide bonds. The molecule has 1 aromatic rings. The lowest BCUT2D eigenvalue weighted by molar-refractivity contribution is 0.234. The molecule has 2 saturated carbocycles. The van der Waals surface area contributed by atoms with Crippen LogP contribution in [0.3, 0.4) is 0 Å². The third kappa shape index (κ3) is 5.12. The largest absolute Gasteiger partial charge is 0.306 e. The van der Waals surface area contributed by atoms with E-state index in [1.165, 1.54) is 89.0 Å². The van der Waals surface area contributed by atoms with Gasteiger partial charge in [-0.1, -0.05) is 87.6 Å². The maximum Gasteiger partial charge on any atom is 0.00977 e. The number of nitrogens with zero attached hydrogens (tertiary/aromatic N) is 1. The molecular formula is C25H41N. The van der Waals surface area contributed by atoms with E-state index < -0.39 is 0 Å². The Labute approximate surface area is 162 Å². The first-order valence-electron chi connectivity index (χ1n) is 11.4. The normalized spacial score (nSPS) is 31.7. The summed E-state index contributed by atoms with van der Waals surface area (Å²) in [7, 11) is 4.61. The zero-order chi connectivity index (χ0) is 18.4. The molecule has 0 bridgehead atoms. The Kier molecular flexibility index (Phi) is 7.20. The molecule has 26 heavy (non-hydrogen) atoms. The summed E-state index contributed by atoms with van der Waals surface area (Å²) in [6, 6.07) is 10.3. The van der Waals surface area contributed by atoms with E-state index in [1.54, 1.807) is 5.56 Å². The number of rotatable bonds is 2. The van der Waals surface area contributed by atoms with Crippen molar-refractivity contribution in [3.05, 3.63) is 35.4 Å². The van der Waals surface area contributed by atoms with Crippen LogP contribution in [0.2, 0.25) is 0 Å². The molecule has 2 fully saturated rings. The zero-order valence-corrected chi connectivity index (χ0v) is 17.6. The molecular weight excluding hydrogens is 314 g/mol. The smallest absolute Gasteiger partial charge is 0.00977 e. The highest BCUT2D eigenvalue weighted by molar-refractivity contribution is 5.36. The number of hydrogen-bond donors (Lipinski definition) is 0. The Morgan fingerprint density at radius 2 is 1.27 bits per heavy atom. The minimum Gasteiger partial charge on any atom is -0.306 e. The second-order valence-corrected chi connectivity index (χ2v) is 9.50. The van der Waals surface area contributed by atoms with Crippen LogP contribution in [0.5, 0.6) is 0 Å². The van der Waals surface area contributed by atoms with Gasteiger partial charge in [0.05, 0.1) is 0 Å². The average Bonchev–Trinajstić information content (AvgIpc) is 3.32. The lowest BCUT2D eigenvalue weighted by atomic mass is 9.83. The Bertz CT molecular complexity index is 532. The summed E-state index contributed by atoms with van der Waals surface area (Å²) in [5, 5.41) is 0. The van der Waals surface area contributed by atoms with Gasteiger partial charge in [0.15, 0.2) is 0 Å². The fourth-order valence-electron chi connectivity index (χ4n) is 5.34. The summed E-state index contributed by atoms with van der Waals surface area (Å²) in [4.78, 5) is 2.52. The van der Waals surface area contributed by atoms with Gasteiger partial charge in [0.25, 0.3) is 0 Å². The molecule has 2 aliphatic rings. The first-order chi connectivity index (χ1) is 12.6. The number of aryl methyl sites for hydroxylation is 1. The van der Waals surface area contributed by atoms with Crippen LogP contribution in [0.4, 0.5) is 0 Å². The Morgan fingerprint density at radius 1 is 0.731 bits per heavy atom. The predicted octanol–water partition coefficient (Wildman–Crippen LogP) is 6.88. The highest BCUT2D eigenvalue weighted by Crippen LogP contribution is 2.60. The third-order valence-corrected chi connectivity index (χ3v) is 7.28. The van der Waals surface area contributed by atoms with Gasteiger partial charge in [-0.3, -0.25) is 0 Å². The van der Waals surface area contributed by atoms with Crippen LogP contribution >= 0.6 is 0 Å². The van der Waals surface area contributed by atoms with E-state index in [0.717, 1.165) is 12.0 Å². The highest BCUT2D eigenvalue weighted by Gasteiger charge is 2.55. The molecule has 0 aliphatic heterocycles. The number of benzene rings is 1. The monoisotopic (exact) mass is 355 g/mol. The van der Waals surface area contributed by atoms with Gasteiger partial charge >= 0.3 is 0 Å². The van der Waals surface area contributed by atoms with Gasteiger partial charge in [0.2, 0.25) is 0 Å². The van der Waals surface area contributed by atoms with Crippen molar-refractivity contribution in [1.29, 1.82) is 0 Å². The molecule has 0 spiro atoms. The molecule has 3 atom stereocenters. The second-order valence-electron chi connectivity index (χ2n) is 9.50. The molecule has 146 valence electrons. The predicted molar refractivity (Wildman–Crippen MR) is 114 cm³/mol. The van der Waals surface area contributed by atoms with Crippen LogP contribution in [0.1, 0.15) is 94.6 Å². The molecule has 3 unspecified atom stereocenters. The first kappa shape index (κ1) is 19.9. The minimum absolute atomic E-state index is 0.475. The second kappa shape index (κ2) is 9.40. The van der Waals surface area contributed by atoms with E-state index in [1.807, 2.05) is 0 Å². The van der Waals surface area contributed by atoms with Gasteiger partial charge < -0.3 is 4.90 Å². The van der Waals surface area contributed by atoms with Crippen molar-refractivity contribution < 1.29 is 0 Å². The van der Waals surface area contributed by atoms with E-state index in [0.29, 0.717) is 5.41 Å². The van der Waals surface area contributed by atoms with Crippen LogP contribution in [0.25, 0.3) is 0 Å². The lowest BCUT2D eigenvalue weighted by Gasteiger charge is -2.30. The van der Waals surface area contributed by atoms with Crippen molar-refractivity contribution in [1.82, 2.24) is 4.90 Å². The molecule has 2 aliphatic carbocycles. The first-order valence-corrected chi connectivity index (χ1v) is 11.4. The third-order valence-electron chi connectivity index (χ3n) is 7.28. The van der Waals surface area contributed by atoms with Crippen LogP contribution in [0, 0.1) is 12.8 Å². The lowest BCUT2D eigenvalue weighted by Crippen LogP contribution is -2.32. The zero-order valence-electron chi connectivity index (χ0n) is 17.6.